The van der Waals surface area contributed by atoms with Gasteiger partial charge in [0.05, 0.1) is 0 Å². The van der Waals surface area contributed by atoms with Crippen molar-refractivity contribution in [3.05, 3.63) is 29.3 Å². The third-order valence-electron chi connectivity index (χ3n) is 3.89. The summed E-state index contributed by atoms with van der Waals surface area (Å²) in [5.74, 6) is 0.535. The van der Waals surface area contributed by atoms with Crippen LogP contribution in [0, 0.1) is 5.92 Å². The summed E-state index contributed by atoms with van der Waals surface area (Å²) < 4.78 is 5.54. The molecule has 110 valence electrons. The molecule has 1 N–H and O–H groups in total. The van der Waals surface area contributed by atoms with Gasteiger partial charge < -0.3 is 10.1 Å². The number of carbonyl (C=O) groups excluding carboxylic acids is 1. The lowest BCUT2D eigenvalue weighted by molar-refractivity contribution is -0.149. The van der Waals surface area contributed by atoms with Crippen LogP contribution in [0.5, 0.6) is 0 Å². The highest BCUT2D eigenvalue weighted by atomic mass is 35.5. The molecule has 4 heteroatoms. The molecule has 0 aromatic heterocycles. The maximum Gasteiger partial charge on any atom is 0.325 e. The molecule has 1 aromatic carbocycles. The quantitative estimate of drug-likeness (QED) is 0.825. The first kappa shape index (κ1) is 15.2. The number of hydrogen-bond acceptors (Lipinski definition) is 3. The van der Waals surface area contributed by atoms with Gasteiger partial charge in [-0.25, -0.2) is 0 Å². The third kappa shape index (κ3) is 4.71. The van der Waals surface area contributed by atoms with Crippen molar-refractivity contribution in [1.29, 1.82) is 0 Å². The summed E-state index contributed by atoms with van der Waals surface area (Å²) >= 11 is 5.81. The van der Waals surface area contributed by atoms with E-state index in [1.54, 1.807) is 12.1 Å². The van der Waals surface area contributed by atoms with Gasteiger partial charge in [-0.3, -0.25) is 4.79 Å². The highest BCUT2D eigenvalue weighted by Gasteiger charge is 2.23. The van der Waals surface area contributed by atoms with Gasteiger partial charge in [0, 0.05) is 10.7 Å². The van der Waals surface area contributed by atoms with Crippen molar-refractivity contribution in [1.82, 2.24) is 0 Å². The molecule has 0 spiro atoms. The molecule has 1 aromatic rings. The molecule has 1 aliphatic carbocycles. The summed E-state index contributed by atoms with van der Waals surface area (Å²) in [6, 6.07) is 7.29. The van der Waals surface area contributed by atoms with Crippen molar-refractivity contribution in [2.24, 2.45) is 5.92 Å². The molecule has 1 aliphatic rings. The topological polar surface area (TPSA) is 38.3 Å². The molecule has 1 saturated carbocycles. The van der Waals surface area contributed by atoms with Crippen LogP contribution in [0.3, 0.4) is 0 Å². The number of carbonyl (C=O) groups is 1. The minimum absolute atomic E-state index is 0.105. The lowest BCUT2D eigenvalue weighted by Crippen LogP contribution is -2.28. The molecular formula is C16H22ClNO2. The minimum atomic E-state index is -0.179. The normalized spacial score (nSPS) is 22.3. The third-order valence-corrected chi connectivity index (χ3v) is 4.14. The molecule has 2 atom stereocenters. The van der Waals surface area contributed by atoms with Gasteiger partial charge in [-0.15, -0.1) is 0 Å². The molecule has 0 radical (unpaired) electrons. The van der Waals surface area contributed by atoms with Gasteiger partial charge >= 0.3 is 5.97 Å². The van der Waals surface area contributed by atoms with Crippen molar-refractivity contribution in [2.45, 2.75) is 45.1 Å². The first-order valence-corrected chi connectivity index (χ1v) is 7.74. The van der Waals surface area contributed by atoms with Gasteiger partial charge in [-0.1, -0.05) is 31.4 Å². The van der Waals surface area contributed by atoms with Crippen LogP contribution in [-0.2, 0) is 9.53 Å². The van der Waals surface area contributed by atoms with E-state index in [1.807, 2.05) is 12.1 Å². The average Bonchev–Trinajstić information content (AvgIpc) is 2.47. The Balaban J connectivity index is 1.73. The van der Waals surface area contributed by atoms with Crippen LogP contribution in [-0.4, -0.2) is 18.6 Å². The number of halogens is 1. The van der Waals surface area contributed by atoms with Crippen molar-refractivity contribution in [3.63, 3.8) is 0 Å². The van der Waals surface area contributed by atoms with Gasteiger partial charge in [0.1, 0.15) is 12.6 Å². The number of anilines is 1. The smallest absolute Gasteiger partial charge is 0.325 e. The Bertz CT molecular complexity index is 433. The Morgan fingerprint density at radius 2 is 2.10 bits per heavy atom. The maximum absolute atomic E-state index is 11.8. The lowest BCUT2D eigenvalue weighted by atomic mass is 9.85. The molecule has 2 rings (SSSR count). The zero-order valence-corrected chi connectivity index (χ0v) is 12.7. The highest BCUT2D eigenvalue weighted by molar-refractivity contribution is 6.30. The largest absolute Gasteiger partial charge is 0.461 e. The predicted molar refractivity (Wildman–Crippen MR) is 82.1 cm³/mol. The highest BCUT2D eigenvalue weighted by Crippen LogP contribution is 2.28. The number of nitrogens with one attached hydrogen (secondary N) is 1. The van der Waals surface area contributed by atoms with Crippen molar-refractivity contribution in [3.8, 4) is 0 Å². The fourth-order valence-electron chi connectivity index (χ4n) is 2.69. The van der Waals surface area contributed by atoms with E-state index in [4.69, 9.17) is 16.3 Å². The number of rotatable bonds is 5. The van der Waals surface area contributed by atoms with E-state index < -0.39 is 0 Å². The maximum atomic E-state index is 11.8. The van der Waals surface area contributed by atoms with Gasteiger partial charge in [0.2, 0.25) is 0 Å². The van der Waals surface area contributed by atoms with Crippen LogP contribution < -0.4 is 5.32 Å². The van der Waals surface area contributed by atoms with Gasteiger partial charge in [0.15, 0.2) is 0 Å². The van der Waals surface area contributed by atoms with Gasteiger partial charge in [-0.05, 0) is 49.4 Å². The second-order valence-electron chi connectivity index (χ2n) is 5.41. The van der Waals surface area contributed by atoms with Crippen molar-refractivity contribution in [2.75, 3.05) is 11.9 Å². The molecule has 0 bridgehead atoms. The monoisotopic (exact) mass is 295 g/mol. The zero-order chi connectivity index (χ0) is 14.4. The van der Waals surface area contributed by atoms with Crippen LogP contribution in [0.4, 0.5) is 5.69 Å². The Labute approximate surface area is 125 Å². The van der Waals surface area contributed by atoms with Gasteiger partial charge in [-0.2, -0.15) is 0 Å². The molecule has 3 nitrogen and oxygen atoms in total. The average molecular weight is 296 g/mol. The van der Waals surface area contributed by atoms with E-state index in [2.05, 4.69) is 12.2 Å². The first-order valence-electron chi connectivity index (χ1n) is 7.36. The van der Waals surface area contributed by atoms with E-state index in [0.717, 1.165) is 18.5 Å². The molecule has 0 heterocycles. The van der Waals surface area contributed by atoms with Gasteiger partial charge in [0.25, 0.3) is 0 Å². The van der Waals surface area contributed by atoms with E-state index >= 15 is 0 Å². The van der Waals surface area contributed by atoms with E-state index in [9.17, 15) is 4.79 Å². The summed E-state index contributed by atoms with van der Waals surface area (Å²) in [6.45, 7) is 2.41. The fraction of sp³-hybridized carbons (Fsp3) is 0.562. The summed E-state index contributed by atoms with van der Waals surface area (Å²) in [7, 11) is 0. The Morgan fingerprint density at radius 3 is 2.80 bits per heavy atom. The Kier molecular flexibility index (Phi) is 5.72. The number of hydrogen-bond donors (Lipinski definition) is 1. The minimum Gasteiger partial charge on any atom is -0.461 e. The molecule has 0 aliphatic heterocycles. The molecule has 0 saturated heterocycles. The van der Waals surface area contributed by atoms with Crippen molar-refractivity contribution < 1.29 is 9.53 Å². The SMILES string of the molecule is CCC1CCCC(OC(=O)CNc2ccc(Cl)cc2)C1. The number of ether oxygens (including phenoxy) is 1. The van der Waals surface area contributed by atoms with E-state index in [0.29, 0.717) is 10.9 Å². The van der Waals surface area contributed by atoms with Crippen LogP contribution in [0.1, 0.15) is 39.0 Å². The zero-order valence-electron chi connectivity index (χ0n) is 11.9. The Morgan fingerprint density at radius 1 is 1.35 bits per heavy atom. The molecular weight excluding hydrogens is 274 g/mol. The van der Waals surface area contributed by atoms with Crippen LogP contribution >= 0.6 is 11.6 Å². The predicted octanol–water partition coefficient (Wildman–Crippen LogP) is 4.26. The molecule has 2 unspecified atom stereocenters. The van der Waals surface area contributed by atoms with Crippen LogP contribution in [0.25, 0.3) is 0 Å². The number of benzene rings is 1. The summed E-state index contributed by atoms with van der Waals surface area (Å²) in [5.41, 5.74) is 0.876. The van der Waals surface area contributed by atoms with E-state index in [-0.39, 0.29) is 18.6 Å². The second-order valence-corrected chi connectivity index (χ2v) is 5.85. The summed E-state index contributed by atoms with van der Waals surface area (Å²) in [5, 5.41) is 3.74. The molecule has 1 fully saturated rings. The summed E-state index contributed by atoms with van der Waals surface area (Å²) in [6.07, 6.45) is 5.74. The summed E-state index contributed by atoms with van der Waals surface area (Å²) in [4.78, 5) is 11.8. The number of esters is 1. The van der Waals surface area contributed by atoms with E-state index in [1.165, 1.54) is 19.3 Å². The lowest BCUT2D eigenvalue weighted by Gasteiger charge is -2.28. The fourth-order valence-corrected chi connectivity index (χ4v) is 2.82. The Hall–Kier alpha value is -1.22. The second kappa shape index (κ2) is 7.53. The van der Waals surface area contributed by atoms with Crippen LogP contribution in [0.15, 0.2) is 24.3 Å². The first-order chi connectivity index (χ1) is 9.67. The van der Waals surface area contributed by atoms with Crippen molar-refractivity contribution >= 4 is 23.3 Å². The molecule has 20 heavy (non-hydrogen) atoms. The molecule has 0 amide bonds. The van der Waals surface area contributed by atoms with Crippen LogP contribution in [0.2, 0.25) is 5.02 Å². The standard InChI is InChI=1S/C16H22ClNO2/c1-2-12-4-3-5-15(10-12)20-16(19)11-18-14-8-6-13(17)7-9-14/h6-9,12,15,18H,2-5,10-11H2,1H3.